The van der Waals surface area contributed by atoms with Crippen LogP contribution in [0.1, 0.15) is 6.92 Å². The summed E-state index contributed by atoms with van der Waals surface area (Å²) in [5, 5.41) is 7.53. The van der Waals surface area contributed by atoms with Crippen molar-refractivity contribution in [1.29, 1.82) is 0 Å². The Kier molecular flexibility index (Phi) is 4.28. The van der Waals surface area contributed by atoms with Gasteiger partial charge in [-0.25, -0.2) is 4.98 Å². The molecule has 1 aromatic heterocycles. The van der Waals surface area contributed by atoms with Crippen molar-refractivity contribution in [3.8, 4) is 0 Å². The average Bonchev–Trinajstić information content (AvgIpc) is 2.35. The fraction of sp³-hybridized carbons (Fsp3) is 0.154. The van der Waals surface area contributed by atoms with E-state index in [1.54, 1.807) is 18.2 Å². The van der Waals surface area contributed by atoms with Crippen molar-refractivity contribution in [2.24, 2.45) is 0 Å². The van der Waals surface area contributed by atoms with Crippen molar-refractivity contribution >= 4 is 40.5 Å². The van der Waals surface area contributed by atoms with Crippen molar-refractivity contribution in [2.75, 3.05) is 17.2 Å². The van der Waals surface area contributed by atoms with Crippen LogP contribution in [0.5, 0.6) is 0 Å². The lowest BCUT2D eigenvalue weighted by atomic mass is 10.3. The topological polar surface area (TPSA) is 37.0 Å². The predicted molar refractivity (Wildman–Crippen MR) is 78.1 cm³/mol. The molecule has 0 bridgehead atoms. The first-order valence-electron chi connectivity index (χ1n) is 5.62. The molecule has 0 fully saturated rings. The minimum atomic E-state index is 0.607. The first kappa shape index (κ1) is 13.0. The van der Waals surface area contributed by atoms with E-state index in [1.807, 2.05) is 25.1 Å². The number of halogens is 2. The molecule has 0 unspecified atom stereocenters. The molecule has 0 saturated heterocycles. The highest BCUT2D eigenvalue weighted by Gasteiger charge is 2.03. The summed E-state index contributed by atoms with van der Waals surface area (Å²) in [6.45, 7) is 2.85. The highest BCUT2D eigenvalue weighted by molar-refractivity contribution is 6.35. The number of benzene rings is 1. The van der Waals surface area contributed by atoms with Crippen LogP contribution in [0.25, 0.3) is 0 Å². The van der Waals surface area contributed by atoms with Crippen molar-refractivity contribution in [1.82, 2.24) is 4.98 Å². The maximum absolute atomic E-state index is 6.08. The fourth-order valence-electron chi connectivity index (χ4n) is 1.52. The summed E-state index contributed by atoms with van der Waals surface area (Å²) < 4.78 is 0. The third kappa shape index (κ3) is 3.28. The summed E-state index contributed by atoms with van der Waals surface area (Å²) in [6.07, 6.45) is 0. The molecule has 5 heteroatoms. The zero-order chi connectivity index (χ0) is 13.0. The molecule has 0 atom stereocenters. The van der Waals surface area contributed by atoms with Gasteiger partial charge in [0, 0.05) is 11.6 Å². The van der Waals surface area contributed by atoms with Crippen molar-refractivity contribution in [3.63, 3.8) is 0 Å². The lowest BCUT2D eigenvalue weighted by molar-refractivity contribution is 1.16. The molecule has 0 aliphatic heterocycles. The number of nitrogens with one attached hydrogen (secondary N) is 2. The van der Waals surface area contributed by atoms with E-state index in [9.17, 15) is 0 Å². The van der Waals surface area contributed by atoms with Gasteiger partial charge in [-0.15, -0.1) is 0 Å². The maximum atomic E-state index is 6.08. The number of nitrogens with zero attached hydrogens (tertiary/aromatic N) is 1. The Balaban J connectivity index is 2.22. The van der Waals surface area contributed by atoms with Crippen LogP contribution in [0.15, 0.2) is 36.4 Å². The van der Waals surface area contributed by atoms with Crippen LogP contribution >= 0.6 is 23.2 Å². The van der Waals surface area contributed by atoms with Crippen molar-refractivity contribution in [2.45, 2.75) is 6.92 Å². The maximum Gasteiger partial charge on any atom is 0.132 e. The van der Waals surface area contributed by atoms with Gasteiger partial charge in [-0.3, -0.25) is 0 Å². The molecule has 1 aromatic carbocycles. The Hall–Kier alpha value is -1.45. The normalized spacial score (nSPS) is 10.2. The summed E-state index contributed by atoms with van der Waals surface area (Å²) in [6, 6.07) is 11.0. The SMILES string of the molecule is CCNc1cccc(Nc2cc(Cl)ccc2Cl)n1. The number of anilines is 3. The van der Waals surface area contributed by atoms with Crippen LogP contribution in [0.3, 0.4) is 0 Å². The smallest absolute Gasteiger partial charge is 0.132 e. The van der Waals surface area contributed by atoms with E-state index in [0.717, 1.165) is 23.9 Å². The Labute approximate surface area is 116 Å². The summed E-state index contributed by atoms with van der Waals surface area (Å²) >= 11 is 12.0. The van der Waals surface area contributed by atoms with Crippen LogP contribution < -0.4 is 10.6 Å². The third-order valence-electron chi connectivity index (χ3n) is 2.30. The number of pyridine rings is 1. The molecular formula is C13H13Cl2N3. The first-order chi connectivity index (χ1) is 8.69. The summed E-state index contributed by atoms with van der Waals surface area (Å²) in [4.78, 5) is 4.40. The monoisotopic (exact) mass is 281 g/mol. The molecule has 1 heterocycles. The van der Waals surface area contributed by atoms with Crippen LogP contribution in [0.2, 0.25) is 10.0 Å². The Bertz CT molecular complexity index is 544. The van der Waals surface area contributed by atoms with Crippen LogP contribution in [-0.4, -0.2) is 11.5 Å². The highest BCUT2D eigenvalue weighted by Crippen LogP contribution is 2.28. The van der Waals surface area contributed by atoms with Crippen LogP contribution in [-0.2, 0) is 0 Å². The number of aromatic nitrogens is 1. The molecule has 0 radical (unpaired) electrons. The van der Waals surface area contributed by atoms with Crippen LogP contribution in [0, 0.1) is 0 Å². The fourth-order valence-corrected chi connectivity index (χ4v) is 1.85. The first-order valence-corrected chi connectivity index (χ1v) is 6.37. The minimum absolute atomic E-state index is 0.607. The highest BCUT2D eigenvalue weighted by atomic mass is 35.5. The Morgan fingerprint density at radius 1 is 1.11 bits per heavy atom. The van der Waals surface area contributed by atoms with E-state index in [2.05, 4.69) is 15.6 Å². The van der Waals surface area contributed by atoms with Gasteiger partial charge in [0.1, 0.15) is 11.6 Å². The standard InChI is InChI=1S/C13H13Cl2N3/c1-2-16-12-4-3-5-13(18-12)17-11-8-9(14)6-7-10(11)15/h3-8H,2H2,1H3,(H2,16,17,18). The second-order valence-electron chi connectivity index (χ2n) is 3.69. The lowest BCUT2D eigenvalue weighted by Crippen LogP contribution is -2.01. The van der Waals surface area contributed by atoms with Crippen molar-refractivity contribution in [3.05, 3.63) is 46.4 Å². The minimum Gasteiger partial charge on any atom is -0.370 e. The number of hydrogen-bond acceptors (Lipinski definition) is 3. The van der Waals surface area contributed by atoms with Gasteiger partial charge in [0.15, 0.2) is 0 Å². The van der Waals surface area contributed by atoms with E-state index in [-0.39, 0.29) is 0 Å². The number of rotatable bonds is 4. The molecule has 2 aromatic rings. The molecule has 0 aliphatic rings. The molecular weight excluding hydrogens is 269 g/mol. The predicted octanol–water partition coefficient (Wildman–Crippen LogP) is 4.56. The quantitative estimate of drug-likeness (QED) is 0.862. The van der Waals surface area contributed by atoms with Crippen LogP contribution in [0.4, 0.5) is 17.3 Å². The van der Waals surface area contributed by atoms with Gasteiger partial charge in [0.05, 0.1) is 10.7 Å². The molecule has 2 rings (SSSR count). The van der Waals surface area contributed by atoms with Gasteiger partial charge >= 0.3 is 0 Å². The second kappa shape index (κ2) is 5.94. The third-order valence-corrected chi connectivity index (χ3v) is 2.86. The Morgan fingerprint density at radius 2 is 1.89 bits per heavy atom. The summed E-state index contributed by atoms with van der Waals surface area (Å²) in [7, 11) is 0. The van der Waals surface area contributed by atoms with E-state index in [0.29, 0.717) is 10.0 Å². The van der Waals surface area contributed by atoms with E-state index >= 15 is 0 Å². The largest absolute Gasteiger partial charge is 0.370 e. The zero-order valence-corrected chi connectivity index (χ0v) is 11.4. The molecule has 0 aliphatic carbocycles. The molecule has 18 heavy (non-hydrogen) atoms. The van der Waals surface area contributed by atoms with Crippen molar-refractivity contribution < 1.29 is 0 Å². The second-order valence-corrected chi connectivity index (χ2v) is 4.53. The molecule has 3 nitrogen and oxygen atoms in total. The van der Waals surface area contributed by atoms with Gasteiger partial charge in [-0.1, -0.05) is 29.3 Å². The molecule has 0 spiro atoms. The van der Waals surface area contributed by atoms with E-state index < -0.39 is 0 Å². The Morgan fingerprint density at radius 3 is 2.67 bits per heavy atom. The van der Waals surface area contributed by atoms with Gasteiger partial charge in [0.25, 0.3) is 0 Å². The lowest BCUT2D eigenvalue weighted by Gasteiger charge is -2.09. The van der Waals surface area contributed by atoms with Gasteiger partial charge < -0.3 is 10.6 Å². The molecule has 94 valence electrons. The summed E-state index contributed by atoms with van der Waals surface area (Å²) in [5.41, 5.74) is 0.741. The molecule has 0 amide bonds. The molecule has 2 N–H and O–H groups in total. The molecule has 0 saturated carbocycles. The van der Waals surface area contributed by atoms with E-state index in [1.165, 1.54) is 0 Å². The number of hydrogen-bond donors (Lipinski definition) is 2. The summed E-state index contributed by atoms with van der Waals surface area (Å²) in [5.74, 6) is 1.54. The zero-order valence-electron chi connectivity index (χ0n) is 9.87. The van der Waals surface area contributed by atoms with Gasteiger partial charge in [-0.05, 0) is 37.3 Å². The van der Waals surface area contributed by atoms with E-state index in [4.69, 9.17) is 23.2 Å². The van der Waals surface area contributed by atoms with Gasteiger partial charge in [0.2, 0.25) is 0 Å². The average molecular weight is 282 g/mol. The van der Waals surface area contributed by atoms with Gasteiger partial charge in [-0.2, -0.15) is 0 Å².